The summed E-state index contributed by atoms with van der Waals surface area (Å²) in [5.74, 6) is 0.942. The molecule has 134 valence electrons. The van der Waals surface area contributed by atoms with Crippen LogP contribution in [-0.4, -0.2) is 48.4 Å². The van der Waals surface area contributed by atoms with Crippen molar-refractivity contribution in [2.75, 3.05) is 24.5 Å². The molecule has 25 heavy (non-hydrogen) atoms. The maximum Gasteiger partial charge on any atom is 0.244 e. The fourth-order valence-corrected chi connectivity index (χ4v) is 4.71. The van der Waals surface area contributed by atoms with E-state index in [4.69, 9.17) is 0 Å². The molecule has 2 amide bonds. The number of β-lactam (4-membered cyclic amide) rings is 1. The van der Waals surface area contributed by atoms with E-state index in [0.717, 1.165) is 44.6 Å². The van der Waals surface area contributed by atoms with E-state index in [0.29, 0.717) is 12.0 Å². The molecule has 4 rings (SSSR count). The molecule has 0 spiro atoms. The average Bonchev–Trinajstić information content (AvgIpc) is 3.02. The first kappa shape index (κ1) is 16.6. The van der Waals surface area contributed by atoms with Gasteiger partial charge in [0.25, 0.3) is 0 Å². The molecule has 2 atom stereocenters. The van der Waals surface area contributed by atoms with Crippen LogP contribution in [0, 0.1) is 11.3 Å². The summed E-state index contributed by atoms with van der Waals surface area (Å²) >= 11 is 0. The molecule has 3 heterocycles. The van der Waals surface area contributed by atoms with Crippen molar-refractivity contribution in [1.82, 2.24) is 10.2 Å². The van der Waals surface area contributed by atoms with Gasteiger partial charge in [0.05, 0.1) is 11.5 Å². The van der Waals surface area contributed by atoms with Crippen molar-refractivity contribution < 1.29 is 9.59 Å². The molecule has 1 N–H and O–H groups in total. The fraction of sp³-hybridized carbons (Fsp3) is 0.600. The number of likely N-dealkylation sites (tertiary alicyclic amines) is 1. The monoisotopic (exact) mass is 341 g/mol. The van der Waals surface area contributed by atoms with Gasteiger partial charge in [-0.1, -0.05) is 18.2 Å². The lowest BCUT2D eigenvalue weighted by Crippen LogP contribution is -2.68. The number of hydrogen-bond donors (Lipinski definition) is 1. The highest BCUT2D eigenvalue weighted by Gasteiger charge is 2.51. The van der Waals surface area contributed by atoms with Crippen molar-refractivity contribution in [1.29, 1.82) is 0 Å². The summed E-state index contributed by atoms with van der Waals surface area (Å²) in [5, 5.41) is 3.09. The number of anilines is 1. The Labute approximate surface area is 149 Å². The predicted octanol–water partition coefficient (Wildman–Crippen LogP) is 2.03. The smallest absolute Gasteiger partial charge is 0.244 e. The highest BCUT2D eigenvalue weighted by molar-refractivity contribution is 5.99. The van der Waals surface area contributed by atoms with Gasteiger partial charge in [0.15, 0.2) is 0 Å². The number of benzene rings is 1. The lowest BCUT2D eigenvalue weighted by Gasteiger charge is -2.50. The Morgan fingerprint density at radius 2 is 1.68 bits per heavy atom. The second kappa shape index (κ2) is 6.13. The summed E-state index contributed by atoms with van der Waals surface area (Å²) < 4.78 is 0. The van der Waals surface area contributed by atoms with E-state index in [1.807, 2.05) is 49.1 Å². The molecule has 1 aromatic rings. The first-order chi connectivity index (χ1) is 12.0. The van der Waals surface area contributed by atoms with E-state index in [1.165, 1.54) is 0 Å². The van der Waals surface area contributed by atoms with E-state index >= 15 is 0 Å². The standard InChI is InChI=1S/C20H27N3O2/c1-20(2)17(21-19(20)25)14-8-11-22(12-9-14)16-10-13-23(18(16)24)15-6-4-3-5-7-15/h3-7,14,16-17H,8-13H2,1-2H3,(H,21,25)/t16-,17+/m1/s1. The quantitative estimate of drug-likeness (QED) is 0.856. The zero-order valence-corrected chi connectivity index (χ0v) is 15.1. The second-order valence-electron chi connectivity index (χ2n) is 8.18. The molecule has 3 fully saturated rings. The topological polar surface area (TPSA) is 52.7 Å². The van der Waals surface area contributed by atoms with Crippen molar-refractivity contribution >= 4 is 17.5 Å². The molecule has 3 aliphatic heterocycles. The minimum Gasteiger partial charge on any atom is -0.351 e. The highest BCUT2D eigenvalue weighted by Crippen LogP contribution is 2.39. The molecular formula is C20H27N3O2. The van der Waals surface area contributed by atoms with Gasteiger partial charge >= 0.3 is 0 Å². The summed E-state index contributed by atoms with van der Waals surface area (Å²) in [6.07, 6.45) is 3.02. The van der Waals surface area contributed by atoms with Gasteiger partial charge in [-0.25, -0.2) is 0 Å². The van der Waals surface area contributed by atoms with Crippen molar-refractivity contribution in [3.05, 3.63) is 30.3 Å². The summed E-state index contributed by atoms with van der Waals surface area (Å²) in [5.41, 5.74) is 0.768. The van der Waals surface area contributed by atoms with Crippen molar-refractivity contribution in [3.63, 3.8) is 0 Å². The van der Waals surface area contributed by atoms with Gasteiger partial charge in [-0.3, -0.25) is 14.5 Å². The lowest BCUT2D eigenvalue weighted by atomic mass is 9.68. The van der Waals surface area contributed by atoms with Crippen LogP contribution >= 0.6 is 0 Å². The maximum atomic E-state index is 12.9. The molecule has 3 aliphatic rings. The van der Waals surface area contributed by atoms with E-state index in [-0.39, 0.29) is 23.3 Å². The maximum absolute atomic E-state index is 12.9. The number of carbonyl (C=O) groups excluding carboxylic acids is 2. The second-order valence-corrected chi connectivity index (χ2v) is 8.18. The molecule has 0 aliphatic carbocycles. The molecule has 0 bridgehead atoms. The van der Waals surface area contributed by atoms with Crippen LogP contribution in [0.4, 0.5) is 5.69 Å². The number of amides is 2. The summed E-state index contributed by atoms with van der Waals surface area (Å²) in [6.45, 7) is 6.79. The SMILES string of the molecule is CC1(C)C(=O)N[C@H]1C1CCN([C@@H]2CCN(c3ccccc3)C2=O)CC1. The van der Waals surface area contributed by atoms with Gasteiger partial charge in [-0.05, 0) is 64.3 Å². The third-order valence-electron chi connectivity index (χ3n) is 6.38. The molecule has 5 nitrogen and oxygen atoms in total. The number of piperidine rings is 1. The van der Waals surface area contributed by atoms with E-state index in [2.05, 4.69) is 10.2 Å². The van der Waals surface area contributed by atoms with Crippen LogP contribution in [-0.2, 0) is 9.59 Å². The summed E-state index contributed by atoms with van der Waals surface area (Å²) in [4.78, 5) is 28.9. The van der Waals surface area contributed by atoms with Crippen LogP contribution < -0.4 is 10.2 Å². The zero-order valence-electron chi connectivity index (χ0n) is 15.1. The Kier molecular flexibility index (Phi) is 4.07. The van der Waals surface area contributed by atoms with Gasteiger partial charge in [-0.15, -0.1) is 0 Å². The van der Waals surface area contributed by atoms with Gasteiger partial charge < -0.3 is 10.2 Å². The van der Waals surface area contributed by atoms with E-state index < -0.39 is 0 Å². The van der Waals surface area contributed by atoms with Crippen molar-refractivity contribution in [2.24, 2.45) is 11.3 Å². The van der Waals surface area contributed by atoms with Crippen LogP contribution in [0.5, 0.6) is 0 Å². The van der Waals surface area contributed by atoms with Crippen molar-refractivity contribution in [3.8, 4) is 0 Å². The normalized spacial score (nSPS) is 30.2. The number of rotatable bonds is 3. The molecule has 0 saturated carbocycles. The molecule has 0 aromatic heterocycles. The van der Waals surface area contributed by atoms with Crippen molar-refractivity contribution in [2.45, 2.75) is 45.2 Å². The first-order valence-electron chi connectivity index (χ1n) is 9.40. The summed E-state index contributed by atoms with van der Waals surface area (Å²) in [7, 11) is 0. The van der Waals surface area contributed by atoms with Crippen LogP contribution in [0.25, 0.3) is 0 Å². The molecular weight excluding hydrogens is 314 g/mol. The molecule has 0 radical (unpaired) electrons. The Morgan fingerprint density at radius 3 is 2.28 bits per heavy atom. The van der Waals surface area contributed by atoms with Gasteiger partial charge in [-0.2, -0.15) is 0 Å². The van der Waals surface area contributed by atoms with Crippen LogP contribution in [0.15, 0.2) is 30.3 Å². The highest BCUT2D eigenvalue weighted by atomic mass is 16.2. The number of para-hydroxylation sites is 1. The minimum atomic E-state index is -0.236. The lowest BCUT2D eigenvalue weighted by molar-refractivity contribution is -0.146. The molecule has 5 heteroatoms. The fourth-order valence-electron chi connectivity index (χ4n) is 4.71. The molecule has 1 aromatic carbocycles. The largest absolute Gasteiger partial charge is 0.351 e. The summed E-state index contributed by atoms with van der Waals surface area (Å²) in [6, 6.07) is 10.3. The van der Waals surface area contributed by atoms with Gasteiger partial charge in [0, 0.05) is 18.3 Å². The van der Waals surface area contributed by atoms with Crippen LogP contribution in [0.2, 0.25) is 0 Å². The van der Waals surface area contributed by atoms with Gasteiger partial charge in [0.1, 0.15) is 0 Å². The minimum absolute atomic E-state index is 0.0187. The third-order valence-corrected chi connectivity index (χ3v) is 6.38. The third kappa shape index (κ3) is 2.74. The number of nitrogens with one attached hydrogen (secondary N) is 1. The predicted molar refractivity (Wildman–Crippen MR) is 97.2 cm³/mol. The Bertz CT molecular complexity index is 665. The number of carbonyl (C=O) groups is 2. The number of hydrogen-bond acceptors (Lipinski definition) is 3. The first-order valence-corrected chi connectivity index (χ1v) is 9.40. The zero-order chi connectivity index (χ0) is 17.6. The van der Waals surface area contributed by atoms with Crippen LogP contribution in [0.3, 0.4) is 0 Å². The average molecular weight is 341 g/mol. The van der Waals surface area contributed by atoms with E-state index in [1.54, 1.807) is 0 Å². The van der Waals surface area contributed by atoms with E-state index in [9.17, 15) is 9.59 Å². The molecule has 3 saturated heterocycles. The van der Waals surface area contributed by atoms with Gasteiger partial charge in [0.2, 0.25) is 11.8 Å². The Morgan fingerprint density at radius 1 is 1.00 bits per heavy atom. The Balaban J connectivity index is 1.36. The van der Waals surface area contributed by atoms with Crippen LogP contribution in [0.1, 0.15) is 33.1 Å². The number of nitrogens with zero attached hydrogens (tertiary/aromatic N) is 2. The molecule has 0 unspecified atom stereocenters. The Hall–Kier alpha value is -1.88.